The molecule has 2 saturated heterocycles. The van der Waals surface area contributed by atoms with E-state index in [0.717, 1.165) is 11.4 Å². The van der Waals surface area contributed by atoms with Gasteiger partial charge in [0.05, 0.1) is 18.6 Å². The molecule has 0 aromatic heterocycles. The van der Waals surface area contributed by atoms with Crippen LogP contribution in [0.5, 0.6) is 0 Å². The SMILES string of the molecule is C=C1NC(=O)C=CN1[C@@H]1O[C@H](COP(=O)(N[C@H](C)C(=O)OC(C)C)SCC2CC(=O)NC2=O)[C@@H](O)[C@@]1(C)O. The molecule has 0 radical (unpaired) electrons. The number of hydrogen-bond acceptors (Lipinski definition) is 12. The monoisotopic (exact) mass is 576 g/mol. The predicted octanol–water partition coefficient (Wildman–Crippen LogP) is -0.310. The van der Waals surface area contributed by atoms with Gasteiger partial charge in [0.2, 0.25) is 11.8 Å². The number of amides is 3. The molecule has 5 N–H and O–H groups in total. The molecule has 0 spiro atoms. The topological polar surface area (TPSA) is 193 Å². The summed E-state index contributed by atoms with van der Waals surface area (Å²) in [5.74, 6) is -2.74. The van der Waals surface area contributed by atoms with Crippen molar-refractivity contribution in [3.63, 3.8) is 0 Å². The van der Waals surface area contributed by atoms with Gasteiger partial charge >= 0.3 is 12.7 Å². The van der Waals surface area contributed by atoms with Crippen LogP contribution in [0.25, 0.3) is 0 Å². The number of rotatable bonds is 11. The lowest BCUT2D eigenvalue weighted by molar-refractivity contribution is -0.149. The molecule has 3 aliphatic rings. The summed E-state index contributed by atoms with van der Waals surface area (Å²) in [5.41, 5.74) is -1.86. The molecule has 7 atom stereocenters. The Kier molecular flexibility index (Phi) is 9.45. The highest BCUT2D eigenvalue weighted by atomic mass is 32.7. The molecular weight excluding hydrogens is 543 g/mol. The number of aliphatic hydroxyl groups excluding tert-OH is 1. The molecule has 212 valence electrons. The van der Waals surface area contributed by atoms with E-state index >= 15 is 0 Å². The number of nitrogens with one attached hydrogen (secondary N) is 3. The van der Waals surface area contributed by atoms with Gasteiger partial charge in [-0.3, -0.25) is 29.1 Å². The predicted molar refractivity (Wildman–Crippen MR) is 135 cm³/mol. The summed E-state index contributed by atoms with van der Waals surface area (Å²) < 4.78 is 30.4. The Hall–Kier alpha value is -2.26. The van der Waals surface area contributed by atoms with Crippen molar-refractivity contribution in [3.8, 4) is 0 Å². The van der Waals surface area contributed by atoms with Crippen LogP contribution in [0.3, 0.4) is 0 Å². The molecule has 3 rings (SSSR count). The van der Waals surface area contributed by atoms with Crippen LogP contribution in [-0.2, 0) is 37.7 Å². The van der Waals surface area contributed by atoms with Gasteiger partial charge in [-0.25, -0.2) is 5.09 Å². The van der Waals surface area contributed by atoms with Crippen molar-refractivity contribution >= 4 is 41.8 Å². The molecule has 3 heterocycles. The van der Waals surface area contributed by atoms with E-state index in [4.69, 9.17) is 14.0 Å². The van der Waals surface area contributed by atoms with Crippen molar-refractivity contribution in [3.05, 3.63) is 24.7 Å². The molecule has 2 unspecified atom stereocenters. The van der Waals surface area contributed by atoms with E-state index in [-0.39, 0.29) is 18.0 Å². The maximum absolute atomic E-state index is 13.8. The average molecular weight is 577 g/mol. The van der Waals surface area contributed by atoms with Crippen LogP contribution in [-0.4, -0.2) is 87.3 Å². The smallest absolute Gasteiger partial charge is 0.327 e. The van der Waals surface area contributed by atoms with Gasteiger partial charge < -0.3 is 34.4 Å². The van der Waals surface area contributed by atoms with Gasteiger partial charge in [0.25, 0.3) is 5.91 Å². The van der Waals surface area contributed by atoms with Crippen LogP contribution in [0.1, 0.15) is 34.1 Å². The lowest BCUT2D eigenvalue weighted by atomic mass is 9.96. The Labute approximate surface area is 223 Å². The standard InChI is InChI=1S/C22H33N4O10PS/c1-11(2)35-20(31)12(3)25-37(33,38-10-14-8-17(28)24-19(14)30)34-9-15-18(29)22(5,32)21(36-15)26-7-6-16(27)23-13(26)4/h6-7,11-12,14-15,18,21,29,32H,4,8-10H2,1-3,5H3,(H,23,27)(H,25,33)(H,24,28,30)/t12-,14?,15-,18-,21-,22-,37?/m1/s1. The molecule has 0 bridgehead atoms. The first-order valence-corrected chi connectivity index (χ1v) is 15.1. The van der Waals surface area contributed by atoms with E-state index in [1.54, 1.807) is 13.8 Å². The number of esters is 1. The Morgan fingerprint density at radius 3 is 2.63 bits per heavy atom. The minimum absolute atomic E-state index is 0.0552. The normalized spacial score (nSPS) is 31.8. The number of carbonyl (C=O) groups is 4. The minimum Gasteiger partial charge on any atom is -0.462 e. The number of nitrogens with zero attached hydrogens (tertiary/aromatic N) is 1. The summed E-state index contributed by atoms with van der Waals surface area (Å²) >= 11 is 0.724. The van der Waals surface area contributed by atoms with Gasteiger partial charge in [0.15, 0.2) is 6.23 Å². The Morgan fingerprint density at radius 2 is 2.05 bits per heavy atom. The first-order valence-electron chi connectivity index (χ1n) is 11.9. The Bertz CT molecular complexity index is 1070. The van der Waals surface area contributed by atoms with E-state index in [1.807, 2.05) is 0 Å². The van der Waals surface area contributed by atoms with Crippen LogP contribution in [0, 0.1) is 5.92 Å². The maximum atomic E-state index is 13.8. The maximum Gasteiger partial charge on any atom is 0.327 e. The first kappa shape index (κ1) is 30.3. The molecule has 38 heavy (non-hydrogen) atoms. The van der Waals surface area contributed by atoms with Gasteiger partial charge in [-0.05, 0) is 27.7 Å². The number of imide groups is 1. The summed E-state index contributed by atoms with van der Waals surface area (Å²) in [6.45, 7) is 5.33. The summed E-state index contributed by atoms with van der Waals surface area (Å²) in [4.78, 5) is 48.7. The van der Waals surface area contributed by atoms with Gasteiger partial charge in [-0.15, -0.1) is 0 Å². The summed E-state index contributed by atoms with van der Waals surface area (Å²) in [5, 5.41) is 29.0. The van der Waals surface area contributed by atoms with Crippen molar-refractivity contribution in [1.29, 1.82) is 0 Å². The molecule has 16 heteroatoms. The highest BCUT2D eigenvalue weighted by Crippen LogP contribution is 2.57. The number of ether oxygens (including phenoxy) is 2. The third-order valence-electron chi connectivity index (χ3n) is 5.95. The molecule has 0 aromatic carbocycles. The van der Waals surface area contributed by atoms with E-state index in [2.05, 4.69) is 22.3 Å². The van der Waals surface area contributed by atoms with Crippen LogP contribution in [0.2, 0.25) is 0 Å². The number of aliphatic hydroxyl groups is 2. The fourth-order valence-corrected chi connectivity index (χ4v) is 7.95. The summed E-state index contributed by atoms with van der Waals surface area (Å²) in [6, 6.07) is -1.06. The zero-order valence-corrected chi connectivity index (χ0v) is 23.1. The summed E-state index contributed by atoms with van der Waals surface area (Å²) in [7, 11) is 0. The fraction of sp³-hybridized carbons (Fsp3) is 0.636. The second-order valence-electron chi connectivity index (χ2n) is 9.60. The van der Waals surface area contributed by atoms with Gasteiger partial charge in [0.1, 0.15) is 29.7 Å². The lowest BCUT2D eigenvalue weighted by Crippen LogP contribution is -2.53. The third kappa shape index (κ3) is 7.03. The molecule has 14 nitrogen and oxygen atoms in total. The number of hydrogen-bond donors (Lipinski definition) is 5. The third-order valence-corrected chi connectivity index (χ3v) is 10.1. The lowest BCUT2D eigenvalue weighted by Gasteiger charge is -2.37. The number of carbonyl (C=O) groups excluding carboxylic acids is 4. The molecule has 3 amide bonds. The minimum atomic E-state index is -3.96. The molecule has 3 aliphatic heterocycles. The van der Waals surface area contributed by atoms with E-state index in [9.17, 15) is 34.0 Å². The first-order chi connectivity index (χ1) is 17.6. The van der Waals surface area contributed by atoms with Crippen molar-refractivity contribution in [2.45, 2.75) is 70.3 Å². The largest absolute Gasteiger partial charge is 0.462 e. The molecular formula is C22H33N4O10PS. The fourth-order valence-electron chi connectivity index (χ4n) is 3.92. The van der Waals surface area contributed by atoms with Crippen molar-refractivity contribution in [1.82, 2.24) is 20.6 Å². The second kappa shape index (κ2) is 11.9. The van der Waals surface area contributed by atoms with Gasteiger partial charge in [0, 0.05) is 24.4 Å². The van der Waals surface area contributed by atoms with E-state index in [0.29, 0.717) is 0 Å². The molecule has 0 aromatic rings. The van der Waals surface area contributed by atoms with Crippen LogP contribution in [0.4, 0.5) is 0 Å². The Morgan fingerprint density at radius 1 is 1.37 bits per heavy atom. The van der Waals surface area contributed by atoms with Crippen molar-refractivity contribution in [2.24, 2.45) is 5.92 Å². The molecule has 0 aliphatic carbocycles. The molecule has 0 saturated carbocycles. The van der Waals surface area contributed by atoms with E-state index in [1.165, 1.54) is 31.0 Å². The zero-order chi connectivity index (χ0) is 28.4. The van der Waals surface area contributed by atoms with Gasteiger partial charge in [-0.2, -0.15) is 0 Å². The summed E-state index contributed by atoms with van der Waals surface area (Å²) in [6.07, 6.45) is -1.82. The van der Waals surface area contributed by atoms with Crippen LogP contribution >= 0.6 is 18.1 Å². The van der Waals surface area contributed by atoms with Crippen molar-refractivity contribution < 1.29 is 48.0 Å². The van der Waals surface area contributed by atoms with Crippen molar-refractivity contribution in [2.75, 3.05) is 12.4 Å². The highest BCUT2D eigenvalue weighted by Gasteiger charge is 2.55. The highest BCUT2D eigenvalue weighted by molar-refractivity contribution is 8.56. The molecule has 2 fully saturated rings. The Balaban J connectivity index is 1.73. The second-order valence-corrected chi connectivity index (χ2v) is 13.9. The van der Waals surface area contributed by atoms with Crippen LogP contribution in [0.15, 0.2) is 24.7 Å². The average Bonchev–Trinajstić information content (AvgIpc) is 3.25. The van der Waals surface area contributed by atoms with E-state index < -0.39 is 79.1 Å². The quantitative estimate of drug-likeness (QED) is 0.122. The zero-order valence-electron chi connectivity index (χ0n) is 21.4. The van der Waals surface area contributed by atoms with Crippen LogP contribution < -0.4 is 15.7 Å². The van der Waals surface area contributed by atoms with Gasteiger partial charge in [-0.1, -0.05) is 18.0 Å².